The number of carbonyl (C=O) groups is 1. The lowest BCUT2D eigenvalue weighted by Crippen LogP contribution is -2.27. The molecule has 1 aromatic carbocycles. The molecule has 2 aliphatic rings. The van der Waals surface area contributed by atoms with Crippen molar-refractivity contribution in [2.24, 2.45) is 11.3 Å². The predicted octanol–water partition coefficient (Wildman–Crippen LogP) is 6.97. The van der Waals surface area contributed by atoms with E-state index in [0.717, 1.165) is 63.2 Å². The Morgan fingerprint density at radius 3 is 2.45 bits per heavy atom. The summed E-state index contributed by atoms with van der Waals surface area (Å²) in [6, 6.07) is 7.74. The fraction of sp³-hybridized carbons (Fsp3) is 0.500. The zero-order valence-corrected chi connectivity index (χ0v) is 29.1. The molecule has 0 bridgehead atoms. The van der Waals surface area contributed by atoms with E-state index in [1.54, 1.807) is 15.9 Å². The van der Waals surface area contributed by atoms with Gasteiger partial charge in [-0.15, -0.1) is 11.3 Å². The minimum atomic E-state index is -3.06. The van der Waals surface area contributed by atoms with Crippen molar-refractivity contribution >= 4 is 48.9 Å². The maximum absolute atomic E-state index is 14.5. The molecule has 10 heteroatoms. The molecule has 0 spiro atoms. The van der Waals surface area contributed by atoms with Crippen molar-refractivity contribution in [3.05, 3.63) is 73.1 Å². The molecule has 1 fully saturated rings. The second-order valence-corrected chi connectivity index (χ2v) is 17.9. The van der Waals surface area contributed by atoms with Crippen LogP contribution in [0.2, 0.25) is 0 Å². The summed E-state index contributed by atoms with van der Waals surface area (Å²) in [5, 5.41) is 1.25. The van der Waals surface area contributed by atoms with E-state index < -0.39 is 9.84 Å². The number of aryl methyl sites for hydroxylation is 4. The molecule has 1 aliphatic carbocycles. The molecule has 4 aromatic rings. The first kappa shape index (κ1) is 31.3. The van der Waals surface area contributed by atoms with Crippen LogP contribution < -0.4 is 5.56 Å². The quantitative estimate of drug-likeness (QED) is 0.127. The third-order valence-electron chi connectivity index (χ3n) is 9.63. The minimum absolute atomic E-state index is 0.0592. The molecule has 3 aromatic heterocycles. The van der Waals surface area contributed by atoms with Gasteiger partial charge in [0, 0.05) is 27.9 Å². The summed E-state index contributed by atoms with van der Waals surface area (Å²) in [7, 11) is -3.06. The number of nitrogens with zero attached hydrogens (tertiary/aromatic N) is 3. The van der Waals surface area contributed by atoms with Crippen molar-refractivity contribution in [3.63, 3.8) is 0 Å². The van der Waals surface area contributed by atoms with E-state index in [-0.39, 0.29) is 40.1 Å². The van der Waals surface area contributed by atoms with Gasteiger partial charge in [-0.3, -0.25) is 14.2 Å². The van der Waals surface area contributed by atoms with Crippen molar-refractivity contribution in [3.8, 4) is 5.69 Å². The summed E-state index contributed by atoms with van der Waals surface area (Å²) in [4.78, 5) is 35.3. The van der Waals surface area contributed by atoms with Crippen molar-refractivity contribution in [1.29, 1.82) is 0 Å². The highest BCUT2D eigenvalue weighted by atomic mass is 32.2. The number of hydrogen-bond donors (Lipinski definition) is 0. The minimum Gasteiger partial charge on any atom is -0.344 e. The van der Waals surface area contributed by atoms with E-state index in [2.05, 4.69) is 20.8 Å². The molecule has 0 N–H and O–H groups in total. The largest absolute Gasteiger partial charge is 0.344 e. The van der Waals surface area contributed by atoms with Gasteiger partial charge >= 0.3 is 0 Å². The number of hydrogen-bond acceptors (Lipinski definition) is 7. The number of rotatable bonds is 6. The number of thioether (sulfide) groups is 1. The van der Waals surface area contributed by atoms with Crippen molar-refractivity contribution < 1.29 is 13.2 Å². The number of Topliss-reactive ketones (excluding diaryl/α,β-unsaturated/α-hetero) is 1. The third-order valence-corrected chi connectivity index (χ3v) is 13.5. The van der Waals surface area contributed by atoms with Crippen molar-refractivity contribution in [1.82, 2.24) is 14.1 Å². The topological polar surface area (TPSA) is 91.0 Å². The normalized spacial score (nSPS) is 19.9. The first-order valence-corrected chi connectivity index (χ1v) is 19.0. The Morgan fingerprint density at radius 1 is 1.11 bits per heavy atom. The van der Waals surface area contributed by atoms with Gasteiger partial charge in [-0.25, -0.2) is 13.4 Å². The van der Waals surface area contributed by atoms with E-state index in [9.17, 15) is 18.0 Å². The van der Waals surface area contributed by atoms with E-state index in [0.29, 0.717) is 23.1 Å². The molecule has 234 valence electrons. The zero-order chi connectivity index (χ0) is 31.7. The second kappa shape index (κ2) is 11.3. The number of para-hydroxylation sites is 1. The number of ketones is 1. The van der Waals surface area contributed by atoms with Crippen LogP contribution in [0.25, 0.3) is 15.9 Å². The molecule has 6 rings (SSSR count). The molecule has 44 heavy (non-hydrogen) atoms. The van der Waals surface area contributed by atoms with Gasteiger partial charge in [0.2, 0.25) is 0 Å². The fourth-order valence-electron chi connectivity index (χ4n) is 7.21. The number of aromatic nitrogens is 3. The number of sulfone groups is 1. The molecule has 0 saturated carbocycles. The molecular weight excluding hydrogens is 611 g/mol. The SMILES string of the molecule is Cc1cccc(C)c1-n1c(SCC(=O)c2cc(C)n(C3CCS(=O)(=O)C3)c2C)nc2sc3c(c2c1=O)CCC(C(C)(C)C)C3. The smallest absolute Gasteiger partial charge is 0.267 e. The van der Waals surface area contributed by atoms with Crippen LogP contribution >= 0.6 is 23.1 Å². The number of thiophene rings is 1. The average molecular weight is 652 g/mol. The molecule has 1 aliphatic heterocycles. The van der Waals surface area contributed by atoms with Crippen LogP contribution in [-0.4, -0.2) is 45.6 Å². The Kier molecular flexibility index (Phi) is 8.02. The molecule has 0 radical (unpaired) electrons. The van der Waals surface area contributed by atoms with E-state index in [4.69, 9.17) is 4.98 Å². The highest BCUT2D eigenvalue weighted by molar-refractivity contribution is 7.99. The highest BCUT2D eigenvalue weighted by Gasteiger charge is 2.34. The molecule has 2 atom stereocenters. The van der Waals surface area contributed by atoms with Gasteiger partial charge in [-0.1, -0.05) is 50.7 Å². The summed E-state index contributed by atoms with van der Waals surface area (Å²) in [5.41, 5.74) is 6.36. The van der Waals surface area contributed by atoms with Crippen LogP contribution in [0.1, 0.15) is 83.0 Å². The van der Waals surface area contributed by atoms with Crippen LogP contribution in [0.5, 0.6) is 0 Å². The molecule has 1 saturated heterocycles. The summed E-state index contributed by atoms with van der Waals surface area (Å²) in [5.74, 6) is 0.905. The first-order valence-electron chi connectivity index (χ1n) is 15.3. The van der Waals surface area contributed by atoms with Gasteiger partial charge in [0.1, 0.15) is 4.83 Å². The van der Waals surface area contributed by atoms with Crippen molar-refractivity contribution in [2.45, 2.75) is 85.3 Å². The van der Waals surface area contributed by atoms with Crippen LogP contribution in [-0.2, 0) is 22.7 Å². The van der Waals surface area contributed by atoms with Gasteiger partial charge in [-0.2, -0.15) is 0 Å². The van der Waals surface area contributed by atoms with E-state index in [1.807, 2.05) is 56.5 Å². The van der Waals surface area contributed by atoms with Gasteiger partial charge in [0.05, 0.1) is 28.3 Å². The average Bonchev–Trinajstić information content (AvgIpc) is 3.58. The third kappa shape index (κ3) is 5.51. The molecular formula is C34H41N3O4S3. The second-order valence-electron chi connectivity index (χ2n) is 13.7. The molecule has 0 amide bonds. The Morgan fingerprint density at radius 2 is 1.82 bits per heavy atom. The van der Waals surface area contributed by atoms with E-state index >= 15 is 0 Å². The van der Waals surface area contributed by atoms with E-state index in [1.165, 1.54) is 16.6 Å². The number of benzene rings is 1. The highest BCUT2D eigenvalue weighted by Crippen LogP contribution is 2.43. The van der Waals surface area contributed by atoms with Crippen molar-refractivity contribution in [2.75, 3.05) is 17.3 Å². The van der Waals surface area contributed by atoms with Gasteiger partial charge in [0.25, 0.3) is 5.56 Å². The Labute approximate surface area is 268 Å². The summed E-state index contributed by atoms with van der Waals surface area (Å²) >= 11 is 2.94. The van der Waals surface area contributed by atoms with Crippen LogP contribution in [0.3, 0.4) is 0 Å². The Hall–Kier alpha value is -2.69. The standard InChI is InChI=1S/C34H41N3O4S3/c1-19-9-8-10-20(2)30(19)37-32(39)29-25-12-11-23(34(5,6)7)16-28(25)43-31(29)35-33(37)42-17-27(38)26-15-21(3)36(22(26)4)24-13-14-44(40,41)18-24/h8-10,15,23-24H,11-14,16-18H2,1-7H3. The van der Waals surface area contributed by atoms with Gasteiger partial charge in [-0.05, 0) is 87.5 Å². The van der Waals surface area contributed by atoms with Gasteiger partial charge in [0.15, 0.2) is 20.8 Å². The molecule has 2 unspecified atom stereocenters. The maximum atomic E-state index is 14.5. The first-order chi connectivity index (χ1) is 20.7. The number of carbonyl (C=O) groups excluding carboxylic acids is 1. The predicted molar refractivity (Wildman–Crippen MR) is 181 cm³/mol. The molecule has 7 nitrogen and oxygen atoms in total. The lowest BCUT2D eigenvalue weighted by molar-refractivity contribution is 0.102. The van der Waals surface area contributed by atoms with Gasteiger partial charge < -0.3 is 4.57 Å². The molecule has 4 heterocycles. The van der Waals surface area contributed by atoms with Crippen LogP contribution in [0.15, 0.2) is 34.2 Å². The Bertz CT molecular complexity index is 1950. The van der Waals surface area contributed by atoms with Crippen LogP contribution in [0.4, 0.5) is 0 Å². The number of fused-ring (bicyclic) bond motifs is 3. The summed E-state index contributed by atoms with van der Waals surface area (Å²) in [6.07, 6.45) is 3.46. The Balaban J connectivity index is 1.40. The van der Waals surface area contributed by atoms with Crippen LogP contribution in [0, 0.1) is 39.0 Å². The monoisotopic (exact) mass is 651 g/mol. The summed E-state index contributed by atoms with van der Waals surface area (Å²) in [6.45, 7) is 14.7. The zero-order valence-electron chi connectivity index (χ0n) is 26.6. The fourth-order valence-corrected chi connectivity index (χ4v) is 11.1. The summed E-state index contributed by atoms with van der Waals surface area (Å²) < 4.78 is 28.1. The maximum Gasteiger partial charge on any atom is 0.267 e. The lowest BCUT2D eigenvalue weighted by atomic mass is 9.72. The lowest BCUT2D eigenvalue weighted by Gasteiger charge is -2.33.